The van der Waals surface area contributed by atoms with Crippen molar-refractivity contribution in [1.82, 2.24) is 4.31 Å². The summed E-state index contributed by atoms with van der Waals surface area (Å²) in [5, 5.41) is 0. The number of rotatable bonds is 8. The number of hydrogen-bond donors (Lipinski definition) is 1. The molecule has 0 spiro atoms. The largest absolute Gasteiger partial charge is 0.497 e. The highest BCUT2D eigenvalue weighted by molar-refractivity contribution is 7.89. The van der Waals surface area contributed by atoms with Crippen LogP contribution in [0.25, 0.3) is 0 Å². The van der Waals surface area contributed by atoms with E-state index in [1.54, 1.807) is 0 Å². The van der Waals surface area contributed by atoms with Gasteiger partial charge in [-0.1, -0.05) is 30.3 Å². The van der Waals surface area contributed by atoms with Crippen molar-refractivity contribution in [2.75, 3.05) is 26.7 Å². The lowest BCUT2D eigenvalue weighted by molar-refractivity contribution is 0.405. The summed E-state index contributed by atoms with van der Waals surface area (Å²) in [4.78, 5) is -0.371. The molecule has 0 aliphatic rings. The average molecular weight is 352 g/mol. The Hall–Kier alpha value is -1.96. The lowest BCUT2D eigenvalue weighted by Gasteiger charge is -2.22. The van der Waals surface area contributed by atoms with Crippen molar-refractivity contribution in [3.8, 4) is 5.75 Å². The topological polar surface area (TPSA) is 72.6 Å². The van der Waals surface area contributed by atoms with Gasteiger partial charge in [0.15, 0.2) is 0 Å². The van der Waals surface area contributed by atoms with Gasteiger partial charge in [-0.15, -0.1) is 0 Å². The Labute approximate surface area is 141 Å². The summed E-state index contributed by atoms with van der Waals surface area (Å²) in [6.07, 6.45) is 0.526. The van der Waals surface area contributed by atoms with Crippen molar-refractivity contribution in [1.29, 1.82) is 0 Å². The molecule has 2 aromatic rings. The smallest absolute Gasteiger partial charge is 0.246 e. The van der Waals surface area contributed by atoms with E-state index in [1.165, 1.54) is 23.5 Å². The molecule has 0 aliphatic carbocycles. The van der Waals surface area contributed by atoms with Gasteiger partial charge in [0, 0.05) is 25.7 Å². The lowest BCUT2D eigenvalue weighted by Crippen LogP contribution is -2.37. The molecule has 7 heteroatoms. The first-order valence-electron chi connectivity index (χ1n) is 7.56. The maximum atomic E-state index is 14.2. The number of methoxy groups -OCH3 is 1. The highest BCUT2D eigenvalue weighted by Crippen LogP contribution is 2.23. The van der Waals surface area contributed by atoms with Crippen molar-refractivity contribution in [3.63, 3.8) is 0 Å². The third-order valence-electron chi connectivity index (χ3n) is 3.63. The minimum Gasteiger partial charge on any atom is -0.497 e. The Morgan fingerprint density at radius 3 is 2.42 bits per heavy atom. The van der Waals surface area contributed by atoms with Gasteiger partial charge in [0.1, 0.15) is 16.5 Å². The van der Waals surface area contributed by atoms with E-state index in [4.69, 9.17) is 10.5 Å². The van der Waals surface area contributed by atoms with Gasteiger partial charge in [-0.05, 0) is 24.1 Å². The van der Waals surface area contributed by atoms with Gasteiger partial charge in [-0.25, -0.2) is 12.8 Å². The maximum absolute atomic E-state index is 14.2. The van der Waals surface area contributed by atoms with Crippen molar-refractivity contribution < 1.29 is 17.5 Å². The molecule has 0 amide bonds. The molecule has 2 aromatic carbocycles. The Balaban J connectivity index is 2.24. The molecule has 130 valence electrons. The van der Waals surface area contributed by atoms with E-state index in [0.29, 0.717) is 6.42 Å². The molecular formula is C17H21FN2O3S. The molecule has 0 radical (unpaired) electrons. The summed E-state index contributed by atoms with van der Waals surface area (Å²) in [5.41, 5.74) is 6.54. The Bertz CT molecular complexity index is 767. The standard InChI is InChI=1S/C17H21FN2O3S/c1-23-15-7-8-17(16(18)13-15)24(21,22)20(12-10-19)11-9-14-5-3-2-4-6-14/h2-8,13H,9-12,19H2,1H3. The first-order valence-corrected chi connectivity index (χ1v) is 9.00. The zero-order valence-corrected chi connectivity index (χ0v) is 14.3. The van der Waals surface area contributed by atoms with Gasteiger partial charge in [-0.2, -0.15) is 4.31 Å². The van der Waals surface area contributed by atoms with Gasteiger partial charge in [-0.3, -0.25) is 0 Å². The van der Waals surface area contributed by atoms with E-state index < -0.39 is 15.8 Å². The second kappa shape index (κ2) is 8.23. The molecule has 0 heterocycles. The molecule has 0 aliphatic heterocycles. The zero-order valence-electron chi connectivity index (χ0n) is 13.5. The van der Waals surface area contributed by atoms with E-state index in [9.17, 15) is 12.8 Å². The van der Waals surface area contributed by atoms with E-state index in [1.807, 2.05) is 30.3 Å². The molecule has 2 N–H and O–H groups in total. The zero-order chi connectivity index (χ0) is 17.6. The average Bonchev–Trinajstić information content (AvgIpc) is 2.58. The summed E-state index contributed by atoms with van der Waals surface area (Å²) in [7, 11) is -2.57. The lowest BCUT2D eigenvalue weighted by atomic mass is 10.1. The van der Waals surface area contributed by atoms with Crippen LogP contribution in [-0.2, 0) is 16.4 Å². The van der Waals surface area contributed by atoms with Crippen LogP contribution in [-0.4, -0.2) is 39.5 Å². The summed E-state index contributed by atoms with van der Waals surface area (Å²) in [6, 6.07) is 13.2. The van der Waals surface area contributed by atoms with Crippen LogP contribution in [0, 0.1) is 5.82 Å². The van der Waals surface area contributed by atoms with Gasteiger partial charge in [0.05, 0.1) is 7.11 Å². The van der Waals surface area contributed by atoms with Crippen LogP contribution in [0.3, 0.4) is 0 Å². The Kier molecular flexibility index (Phi) is 6.30. The van der Waals surface area contributed by atoms with Crippen LogP contribution in [0.2, 0.25) is 0 Å². The number of sulfonamides is 1. The molecule has 5 nitrogen and oxygen atoms in total. The fourth-order valence-corrected chi connectivity index (χ4v) is 3.85. The van der Waals surface area contributed by atoms with Crippen LogP contribution in [0.15, 0.2) is 53.4 Å². The second-order valence-electron chi connectivity index (χ2n) is 5.22. The van der Waals surface area contributed by atoms with Gasteiger partial charge < -0.3 is 10.5 Å². The van der Waals surface area contributed by atoms with Crippen LogP contribution < -0.4 is 10.5 Å². The third-order valence-corrected chi connectivity index (χ3v) is 5.56. The molecule has 24 heavy (non-hydrogen) atoms. The van der Waals surface area contributed by atoms with Crippen molar-refractivity contribution >= 4 is 10.0 Å². The van der Waals surface area contributed by atoms with E-state index in [0.717, 1.165) is 11.6 Å². The first kappa shape index (κ1) is 18.4. The fraction of sp³-hybridized carbons (Fsp3) is 0.294. The van der Waals surface area contributed by atoms with Gasteiger partial charge >= 0.3 is 0 Å². The van der Waals surface area contributed by atoms with E-state index >= 15 is 0 Å². The van der Waals surface area contributed by atoms with E-state index in [-0.39, 0.29) is 30.3 Å². The first-order chi connectivity index (χ1) is 11.5. The predicted molar refractivity (Wildman–Crippen MR) is 90.9 cm³/mol. The van der Waals surface area contributed by atoms with Crippen LogP contribution in [0.5, 0.6) is 5.75 Å². The van der Waals surface area contributed by atoms with Gasteiger partial charge in [0.25, 0.3) is 0 Å². The molecule has 0 atom stereocenters. The summed E-state index contributed by atoms with van der Waals surface area (Å²) >= 11 is 0. The number of nitrogens with two attached hydrogens (primary N) is 1. The summed E-state index contributed by atoms with van der Waals surface area (Å²) in [6.45, 7) is 0.515. The number of halogens is 1. The van der Waals surface area contributed by atoms with E-state index in [2.05, 4.69) is 0 Å². The summed E-state index contributed by atoms with van der Waals surface area (Å²) in [5.74, 6) is -0.572. The number of nitrogens with zero attached hydrogens (tertiary/aromatic N) is 1. The minimum absolute atomic E-state index is 0.126. The molecule has 0 aromatic heterocycles. The van der Waals surface area contributed by atoms with Gasteiger partial charge in [0.2, 0.25) is 10.0 Å². The molecule has 0 bridgehead atoms. The second-order valence-corrected chi connectivity index (χ2v) is 7.13. The monoisotopic (exact) mass is 352 g/mol. The van der Waals surface area contributed by atoms with Crippen molar-refractivity contribution in [3.05, 3.63) is 59.9 Å². The quantitative estimate of drug-likeness (QED) is 0.789. The highest BCUT2D eigenvalue weighted by atomic mass is 32.2. The van der Waals surface area contributed by atoms with Crippen molar-refractivity contribution in [2.24, 2.45) is 5.73 Å². The maximum Gasteiger partial charge on any atom is 0.246 e. The Morgan fingerprint density at radius 1 is 1.12 bits per heavy atom. The molecule has 2 rings (SSSR count). The highest BCUT2D eigenvalue weighted by Gasteiger charge is 2.27. The third kappa shape index (κ3) is 4.31. The summed E-state index contributed by atoms with van der Waals surface area (Å²) < 4.78 is 45.8. The number of hydrogen-bond acceptors (Lipinski definition) is 4. The van der Waals surface area contributed by atoms with Crippen molar-refractivity contribution in [2.45, 2.75) is 11.3 Å². The fourth-order valence-electron chi connectivity index (χ4n) is 2.35. The Morgan fingerprint density at radius 2 is 1.83 bits per heavy atom. The number of benzene rings is 2. The normalized spacial score (nSPS) is 11.7. The SMILES string of the molecule is COc1ccc(S(=O)(=O)N(CCN)CCc2ccccc2)c(F)c1. The van der Waals surface area contributed by atoms with Crippen LogP contribution in [0.4, 0.5) is 4.39 Å². The molecule has 0 fully saturated rings. The van der Waals surface area contributed by atoms with Crippen LogP contribution in [0.1, 0.15) is 5.56 Å². The minimum atomic E-state index is -3.97. The predicted octanol–water partition coefficient (Wildman–Crippen LogP) is 2.03. The number of ether oxygens (including phenoxy) is 1. The molecule has 0 saturated heterocycles. The molecule has 0 saturated carbocycles. The molecule has 0 unspecified atom stereocenters. The molecular weight excluding hydrogens is 331 g/mol. The van der Waals surface area contributed by atoms with Crippen LogP contribution >= 0.6 is 0 Å².